The summed E-state index contributed by atoms with van der Waals surface area (Å²) in [6.07, 6.45) is 1.51. The summed E-state index contributed by atoms with van der Waals surface area (Å²) in [7, 11) is 0. The summed E-state index contributed by atoms with van der Waals surface area (Å²) >= 11 is 0. The highest BCUT2D eigenvalue weighted by atomic mass is 16.6. The maximum atomic E-state index is 12.4. The summed E-state index contributed by atoms with van der Waals surface area (Å²) in [4.78, 5) is 30.5. The van der Waals surface area contributed by atoms with Gasteiger partial charge in [0.25, 0.3) is 5.69 Å². The molecule has 0 unspecified atom stereocenters. The number of hydrogen-bond donors (Lipinski definition) is 1. The second-order valence-electron chi connectivity index (χ2n) is 5.99. The molecule has 1 aromatic carbocycles. The first kappa shape index (κ1) is 18.8. The summed E-state index contributed by atoms with van der Waals surface area (Å²) in [6, 6.07) is 9.28. The van der Waals surface area contributed by atoms with Crippen LogP contribution in [-0.2, 0) is 11.2 Å². The van der Waals surface area contributed by atoms with Crippen molar-refractivity contribution in [2.24, 2.45) is 5.92 Å². The first-order valence-corrected chi connectivity index (χ1v) is 7.92. The molecule has 0 spiro atoms. The molecule has 0 aliphatic heterocycles. The van der Waals surface area contributed by atoms with Gasteiger partial charge in [0.05, 0.1) is 11.3 Å². The number of aromatic nitrogens is 2. The monoisotopic (exact) mass is 354 g/mol. The summed E-state index contributed by atoms with van der Waals surface area (Å²) in [5.74, 6) is 0.370. The van der Waals surface area contributed by atoms with Gasteiger partial charge in [-0.1, -0.05) is 26.0 Å². The first-order chi connectivity index (χ1) is 12.4. The van der Waals surface area contributed by atoms with Gasteiger partial charge in [-0.2, -0.15) is 10.2 Å². The molecule has 1 aromatic heterocycles. The van der Waals surface area contributed by atoms with Crippen molar-refractivity contribution in [1.82, 2.24) is 15.4 Å². The third-order valence-corrected chi connectivity index (χ3v) is 3.34. The topological polar surface area (TPSA) is 125 Å². The smallest absolute Gasteiger partial charge is 0.269 e. The van der Waals surface area contributed by atoms with Gasteiger partial charge in [-0.05, 0) is 11.5 Å². The Morgan fingerprint density at radius 1 is 1.35 bits per heavy atom. The minimum absolute atomic E-state index is 0.0147. The summed E-state index contributed by atoms with van der Waals surface area (Å²) < 4.78 is 0. The Bertz CT molecular complexity index is 829. The van der Waals surface area contributed by atoms with Crippen LogP contribution in [0.1, 0.15) is 25.2 Å². The number of nitro benzene ring substituents is 1. The van der Waals surface area contributed by atoms with Crippen LogP contribution in [0, 0.1) is 27.4 Å². The van der Waals surface area contributed by atoms with Gasteiger partial charge in [0.15, 0.2) is 5.82 Å². The molecule has 0 atom stereocenters. The van der Waals surface area contributed by atoms with Crippen LogP contribution in [0.5, 0.6) is 0 Å². The Hall–Kier alpha value is -3.54. The van der Waals surface area contributed by atoms with Crippen molar-refractivity contribution in [3.8, 4) is 6.07 Å². The summed E-state index contributed by atoms with van der Waals surface area (Å²) in [5, 5.41) is 21.2. The summed E-state index contributed by atoms with van der Waals surface area (Å²) in [6.45, 7) is 4.47. The van der Waals surface area contributed by atoms with Gasteiger partial charge < -0.3 is 0 Å². The van der Waals surface area contributed by atoms with Gasteiger partial charge in [-0.25, -0.2) is 4.98 Å². The molecule has 1 heterocycles. The van der Waals surface area contributed by atoms with E-state index in [1.165, 1.54) is 18.3 Å². The van der Waals surface area contributed by atoms with E-state index >= 15 is 0 Å². The van der Waals surface area contributed by atoms with Crippen LogP contribution in [0.15, 0.2) is 36.5 Å². The minimum atomic E-state index is -0.490. The summed E-state index contributed by atoms with van der Waals surface area (Å²) in [5.41, 5.74) is 3.39. The van der Waals surface area contributed by atoms with Gasteiger partial charge in [0.2, 0.25) is 11.7 Å². The maximum Gasteiger partial charge on any atom is 0.269 e. The van der Waals surface area contributed by atoms with Gasteiger partial charge in [0, 0.05) is 30.9 Å². The van der Waals surface area contributed by atoms with Crippen molar-refractivity contribution >= 4 is 17.4 Å². The zero-order chi connectivity index (χ0) is 19.1. The molecule has 134 valence electrons. The lowest BCUT2D eigenvalue weighted by atomic mass is 10.1. The predicted octanol–water partition coefficient (Wildman–Crippen LogP) is 1.99. The fourth-order valence-corrected chi connectivity index (χ4v) is 2.23. The number of non-ortho nitro benzene ring substituents is 1. The average molecular weight is 354 g/mol. The number of anilines is 1. The Labute approximate surface area is 150 Å². The molecule has 0 saturated heterocycles. The number of nitriles is 1. The third-order valence-electron chi connectivity index (χ3n) is 3.34. The van der Waals surface area contributed by atoms with E-state index in [4.69, 9.17) is 5.26 Å². The quantitative estimate of drug-likeness (QED) is 0.595. The lowest BCUT2D eigenvalue weighted by Gasteiger charge is -2.26. The largest absolute Gasteiger partial charge is 0.273 e. The zero-order valence-electron chi connectivity index (χ0n) is 14.4. The van der Waals surface area contributed by atoms with Crippen molar-refractivity contribution in [1.29, 1.82) is 5.26 Å². The number of nitro groups is 1. The van der Waals surface area contributed by atoms with Crippen LogP contribution < -0.4 is 10.4 Å². The van der Waals surface area contributed by atoms with Crippen molar-refractivity contribution in [2.75, 3.05) is 11.6 Å². The number of hydrazine groups is 1. The van der Waals surface area contributed by atoms with E-state index in [0.29, 0.717) is 17.9 Å². The standard InChI is InChI=1S/C17H18N6O3/c1-12(2)11-22(16-7-8-19-15(10-18)20-16)21-17(24)9-13-3-5-14(6-4-13)23(25)26/h3-8,12H,9,11H2,1-2H3,(H,21,24). The average Bonchev–Trinajstić information content (AvgIpc) is 2.61. The van der Waals surface area contributed by atoms with Crippen molar-refractivity contribution in [3.05, 3.63) is 58.0 Å². The first-order valence-electron chi connectivity index (χ1n) is 7.92. The van der Waals surface area contributed by atoms with E-state index in [1.54, 1.807) is 23.2 Å². The van der Waals surface area contributed by atoms with Crippen molar-refractivity contribution in [3.63, 3.8) is 0 Å². The molecule has 1 amide bonds. The number of amides is 1. The van der Waals surface area contributed by atoms with E-state index in [0.717, 1.165) is 0 Å². The molecule has 9 nitrogen and oxygen atoms in total. The highest BCUT2D eigenvalue weighted by molar-refractivity contribution is 5.80. The Morgan fingerprint density at radius 2 is 2.04 bits per heavy atom. The van der Waals surface area contributed by atoms with Crippen LogP contribution in [0.4, 0.5) is 11.5 Å². The van der Waals surface area contributed by atoms with Gasteiger partial charge in [0.1, 0.15) is 6.07 Å². The molecule has 0 fully saturated rings. The number of carbonyl (C=O) groups excluding carboxylic acids is 1. The molecule has 26 heavy (non-hydrogen) atoms. The fraction of sp³-hybridized carbons (Fsp3) is 0.294. The number of hydrogen-bond acceptors (Lipinski definition) is 7. The van der Waals surface area contributed by atoms with Crippen LogP contribution in [0.3, 0.4) is 0 Å². The van der Waals surface area contributed by atoms with Crippen molar-refractivity contribution in [2.45, 2.75) is 20.3 Å². The van der Waals surface area contributed by atoms with E-state index < -0.39 is 4.92 Å². The van der Waals surface area contributed by atoms with Crippen molar-refractivity contribution < 1.29 is 9.72 Å². The number of nitrogens with zero attached hydrogens (tertiary/aromatic N) is 5. The Balaban J connectivity index is 2.10. The van der Waals surface area contributed by atoms with E-state index in [2.05, 4.69) is 15.4 Å². The molecule has 0 radical (unpaired) electrons. The molecule has 0 aliphatic rings. The molecule has 1 N–H and O–H groups in total. The normalized spacial score (nSPS) is 10.2. The predicted molar refractivity (Wildman–Crippen MR) is 93.9 cm³/mol. The van der Waals surface area contributed by atoms with E-state index in [1.807, 2.05) is 19.9 Å². The number of carbonyl (C=O) groups is 1. The van der Waals surface area contributed by atoms with Gasteiger partial charge >= 0.3 is 0 Å². The molecular weight excluding hydrogens is 336 g/mol. The highest BCUT2D eigenvalue weighted by Crippen LogP contribution is 2.13. The maximum absolute atomic E-state index is 12.4. The molecular formula is C17H18N6O3. The molecule has 0 saturated carbocycles. The van der Waals surface area contributed by atoms with Crippen LogP contribution >= 0.6 is 0 Å². The van der Waals surface area contributed by atoms with Crippen LogP contribution in [0.2, 0.25) is 0 Å². The number of nitrogens with one attached hydrogen (secondary N) is 1. The Morgan fingerprint density at radius 3 is 2.62 bits per heavy atom. The minimum Gasteiger partial charge on any atom is -0.273 e. The zero-order valence-corrected chi connectivity index (χ0v) is 14.4. The molecule has 2 aromatic rings. The van der Waals surface area contributed by atoms with Gasteiger partial charge in [-0.15, -0.1) is 0 Å². The SMILES string of the molecule is CC(C)CN(NC(=O)Cc1ccc([N+](=O)[O-])cc1)c1ccnc(C#N)n1. The number of benzene rings is 1. The second kappa shape index (κ2) is 8.53. The lowest BCUT2D eigenvalue weighted by molar-refractivity contribution is -0.384. The van der Waals surface area contributed by atoms with E-state index in [9.17, 15) is 14.9 Å². The van der Waals surface area contributed by atoms with Gasteiger partial charge in [-0.3, -0.25) is 25.3 Å². The lowest BCUT2D eigenvalue weighted by Crippen LogP contribution is -2.45. The van der Waals surface area contributed by atoms with Crippen LogP contribution in [-0.4, -0.2) is 27.3 Å². The molecule has 9 heteroatoms. The fourth-order valence-electron chi connectivity index (χ4n) is 2.23. The number of rotatable bonds is 7. The Kier molecular flexibility index (Phi) is 6.16. The van der Waals surface area contributed by atoms with Crippen LogP contribution in [0.25, 0.3) is 0 Å². The third kappa shape index (κ3) is 5.24. The molecule has 0 bridgehead atoms. The molecule has 2 rings (SSSR count). The van der Waals surface area contributed by atoms with E-state index in [-0.39, 0.29) is 29.8 Å². The second-order valence-corrected chi connectivity index (χ2v) is 5.99. The molecule has 0 aliphatic carbocycles. The highest BCUT2D eigenvalue weighted by Gasteiger charge is 2.15.